The van der Waals surface area contributed by atoms with E-state index in [9.17, 15) is 0 Å². The fourth-order valence-electron chi connectivity index (χ4n) is 4.90. The second kappa shape index (κ2) is 7.34. The summed E-state index contributed by atoms with van der Waals surface area (Å²) in [5.41, 5.74) is 2.24. The second-order valence-corrected chi connectivity index (χ2v) is 7.94. The average Bonchev–Trinajstić information content (AvgIpc) is 3.43. The summed E-state index contributed by atoms with van der Waals surface area (Å²) in [5, 5.41) is 0. The molecule has 6 heteroatoms. The predicted molar refractivity (Wildman–Crippen MR) is 108 cm³/mol. The smallest absolute Gasteiger partial charge is 0.231 e. The third kappa shape index (κ3) is 3.06. The van der Waals surface area contributed by atoms with E-state index in [1.165, 1.54) is 12.8 Å². The summed E-state index contributed by atoms with van der Waals surface area (Å²) in [6.07, 6.45) is 2.45. The maximum atomic E-state index is 6.55. The number of methoxy groups -OCH3 is 2. The lowest BCUT2D eigenvalue weighted by Gasteiger charge is -2.42. The molecule has 0 aliphatic carbocycles. The Morgan fingerprint density at radius 3 is 2.38 bits per heavy atom. The summed E-state index contributed by atoms with van der Waals surface area (Å²) in [5.74, 6) is 4.35. The predicted octanol–water partition coefficient (Wildman–Crippen LogP) is 4.01. The SMILES string of the molecule is COc1ccc([C@@H]2c3cc4c(cc3OC(N3CCCC3)[C@H]2C)OCO4)c(OC)c1. The fraction of sp³-hybridized carbons (Fsp3) is 0.478. The molecule has 0 spiro atoms. The van der Waals surface area contributed by atoms with Gasteiger partial charge in [-0.1, -0.05) is 13.0 Å². The molecule has 5 rings (SSSR count). The molecule has 3 heterocycles. The third-order valence-electron chi connectivity index (χ3n) is 6.34. The molecule has 1 saturated heterocycles. The number of rotatable bonds is 4. The Bertz CT molecular complexity index is 908. The van der Waals surface area contributed by atoms with Crippen molar-refractivity contribution < 1.29 is 23.7 Å². The molecule has 2 aromatic carbocycles. The minimum atomic E-state index is 0.0159. The van der Waals surface area contributed by atoms with Crippen molar-refractivity contribution in [1.29, 1.82) is 0 Å². The summed E-state index contributed by atoms with van der Waals surface area (Å²) in [6.45, 7) is 4.66. The lowest BCUT2D eigenvalue weighted by molar-refractivity contribution is -0.0180. The van der Waals surface area contributed by atoms with Gasteiger partial charge in [0.25, 0.3) is 0 Å². The zero-order valence-corrected chi connectivity index (χ0v) is 17.1. The highest BCUT2D eigenvalue weighted by Gasteiger charge is 2.42. The molecule has 3 atom stereocenters. The minimum Gasteiger partial charge on any atom is -0.497 e. The number of nitrogens with zero attached hydrogens (tertiary/aromatic N) is 1. The number of ether oxygens (including phenoxy) is 5. The topological polar surface area (TPSA) is 49.4 Å². The van der Waals surface area contributed by atoms with Gasteiger partial charge in [-0.15, -0.1) is 0 Å². The molecule has 0 amide bonds. The van der Waals surface area contributed by atoms with Crippen LogP contribution in [-0.4, -0.2) is 45.2 Å². The average molecular weight is 397 g/mol. The fourth-order valence-corrected chi connectivity index (χ4v) is 4.90. The molecule has 2 aromatic rings. The molecular weight excluding hydrogens is 370 g/mol. The summed E-state index contributed by atoms with van der Waals surface area (Å²) in [6, 6.07) is 10.1. The quantitative estimate of drug-likeness (QED) is 0.777. The van der Waals surface area contributed by atoms with Crippen LogP contribution in [0.25, 0.3) is 0 Å². The van der Waals surface area contributed by atoms with Crippen molar-refractivity contribution in [3.8, 4) is 28.7 Å². The van der Waals surface area contributed by atoms with E-state index in [0.717, 1.165) is 53.0 Å². The summed E-state index contributed by atoms with van der Waals surface area (Å²) in [4.78, 5) is 2.46. The molecule has 0 aromatic heterocycles. The van der Waals surface area contributed by atoms with Crippen LogP contribution in [0.5, 0.6) is 28.7 Å². The van der Waals surface area contributed by atoms with E-state index in [4.69, 9.17) is 23.7 Å². The van der Waals surface area contributed by atoms with Crippen LogP contribution in [0.15, 0.2) is 30.3 Å². The first-order chi connectivity index (χ1) is 14.2. The van der Waals surface area contributed by atoms with E-state index in [0.29, 0.717) is 0 Å². The number of benzene rings is 2. The van der Waals surface area contributed by atoms with Gasteiger partial charge in [-0.05, 0) is 25.0 Å². The monoisotopic (exact) mass is 397 g/mol. The number of likely N-dealkylation sites (tertiary alicyclic amines) is 1. The van der Waals surface area contributed by atoms with Gasteiger partial charge >= 0.3 is 0 Å². The second-order valence-electron chi connectivity index (χ2n) is 7.94. The van der Waals surface area contributed by atoms with Crippen LogP contribution < -0.4 is 23.7 Å². The summed E-state index contributed by atoms with van der Waals surface area (Å²) >= 11 is 0. The van der Waals surface area contributed by atoms with Crippen molar-refractivity contribution in [3.05, 3.63) is 41.5 Å². The highest BCUT2D eigenvalue weighted by atomic mass is 16.7. The van der Waals surface area contributed by atoms with Gasteiger partial charge in [0.2, 0.25) is 6.79 Å². The molecule has 0 saturated carbocycles. The summed E-state index contributed by atoms with van der Waals surface area (Å²) in [7, 11) is 3.38. The van der Waals surface area contributed by atoms with Gasteiger partial charge in [0.15, 0.2) is 17.7 Å². The highest BCUT2D eigenvalue weighted by Crippen LogP contribution is 2.51. The Kier molecular flexibility index (Phi) is 4.66. The van der Waals surface area contributed by atoms with Crippen molar-refractivity contribution in [3.63, 3.8) is 0 Å². The van der Waals surface area contributed by atoms with E-state index in [1.54, 1.807) is 14.2 Å². The normalized spacial score (nSPS) is 25.4. The van der Waals surface area contributed by atoms with Crippen LogP contribution in [0.1, 0.15) is 36.8 Å². The highest BCUT2D eigenvalue weighted by molar-refractivity contribution is 5.58. The standard InChI is InChI=1S/C23H27NO5/c1-14-22(16-7-6-15(25-2)10-18(16)26-3)17-11-20-21(28-13-27-20)12-19(17)29-23(14)24-8-4-5-9-24/h6-7,10-12,14,22-23H,4-5,8-9,13H2,1-3H3/t14-,22+,23?/m0/s1. The molecule has 0 bridgehead atoms. The first-order valence-electron chi connectivity index (χ1n) is 10.3. The first kappa shape index (κ1) is 18.4. The van der Waals surface area contributed by atoms with Crippen molar-refractivity contribution in [1.82, 2.24) is 4.90 Å². The van der Waals surface area contributed by atoms with Crippen molar-refractivity contribution >= 4 is 0 Å². The van der Waals surface area contributed by atoms with Crippen molar-refractivity contribution in [2.24, 2.45) is 5.92 Å². The molecule has 1 fully saturated rings. The minimum absolute atomic E-state index is 0.0159. The molecule has 29 heavy (non-hydrogen) atoms. The van der Waals surface area contributed by atoms with Crippen LogP contribution in [0, 0.1) is 5.92 Å². The summed E-state index contributed by atoms with van der Waals surface area (Å²) < 4.78 is 29.0. The van der Waals surface area contributed by atoms with E-state index in [2.05, 4.69) is 24.0 Å². The number of hydrogen-bond acceptors (Lipinski definition) is 6. The van der Waals surface area contributed by atoms with E-state index in [-0.39, 0.29) is 24.9 Å². The van der Waals surface area contributed by atoms with Gasteiger partial charge in [0.05, 0.1) is 14.2 Å². The van der Waals surface area contributed by atoms with Gasteiger partial charge < -0.3 is 23.7 Å². The Morgan fingerprint density at radius 1 is 0.897 bits per heavy atom. The molecule has 0 radical (unpaired) electrons. The van der Waals surface area contributed by atoms with Gasteiger partial charge in [-0.3, -0.25) is 4.90 Å². The van der Waals surface area contributed by atoms with Crippen LogP contribution in [0.3, 0.4) is 0 Å². The zero-order chi connectivity index (χ0) is 20.0. The molecule has 154 valence electrons. The molecular formula is C23H27NO5. The number of hydrogen-bond donors (Lipinski definition) is 0. The van der Waals surface area contributed by atoms with E-state index < -0.39 is 0 Å². The maximum Gasteiger partial charge on any atom is 0.231 e. The molecule has 3 aliphatic rings. The number of fused-ring (bicyclic) bond motifs is 2. The first-order valence-corrected chi connectivity index (χ1v) is 10.3. The molecule has 6 nitrogen and oxygen atoms in total. The van der Waals surface area contributed by atoms with Gasteiger partial charge in [-0.25, -0.2) is 0 Å². The largest absolute Gasteiger partial charge is 0.497 e. The Labute approximate surface area is 171 Å². The van der Waals surface area contributed by atoms with E-state index in [1.807, 2.05) is 18.2 Å². The maximum absolute atomic E-state index is 6.55. The van der Waals surface area contributed by atoms with Crippen LogP contribution >= 0.6 is 0 Å². The Balaban J connectivity index is 1.64. The molecule has 1 unspecified atom stereocenters. The lowest BCUT2D eigenvalue weighted by atomic mass is 9.77. The van der Waals surface area contributed by atoms with Crippen LogP contribution in [-0.2, 0) is 0 Å². The molecule has 3 aliphatic heterocycles. The van der Waals surface area contributed by atoms with Gasteiger partial charge in [0.1, 0.15) is 17.2 Å². The molecule has 0 N–H and O–H groups in total. The van der Waals surface area contributed by atoms with E-state index >= 15 is 0 Å². The van der Waals surface area contributed by atoms with Gasteiger partial charge in [0, 0.05) is 48.2 Å². The van der Waals surface area contributed by atoms with Crippen molar-refractivity contribution in [2.75, 3.05) is 34.1 Å². The van der Waals surface area contributed by atoms with Crippen LogP contribution in [0.4, 0.5) is 0 Å². The van der Waals surface area contributed by atoms with Gasteiger partial charge in [-0.2, -0.15) is 0 Å². The lowest BCUT2D eigenvalue weighted by Crippen LogP contribution is -2.47. The Morgan fingerprint density at radius 2 is 1.66 bits per heavy atom. The van der Waals surface area contributed by atoms with Crippen LogP contribution in [0.2, 0.25) is 0 Å². The zero-order valence-electron chi connectivity index (χ0n) is 17.1. The van der Waals surface area contributed by atoms with Crippen molar-refractivity contribution in [2.45, 2.75) is 31.9 Å². The Hall–Kier alpha value is -2.60. The third-order valence-corrected chi connectivity index (χ3v) is 6.34.